The fourth-order valence-corrected chi connectivity index (χ4v) is 4.99. The molecular formula is C24H27N7O2. The van der Waals surface area contributed by atoms with Gasteiger partial charge in [-0.1, -0.05) is 6.07 Å². The minimum Gasteiger partial charge on any atom is -0.331 e. The average Bonchev–Trinajstić information content (AvgIpc) is 3.20. The number of nitrogens with one attached hydrogen (secondary N) is 3. The number of Topliss-reactive ketones (excluding diaryl/α,β-unsaturated/α-hetero) is 1. The highest BCUT2D eigenvalue weighted by molar-refractivity contribution is 5.89. The fraction of sp³-hybridized carbons (Fsp3) is 0.458. The van der Waals surface area contributed by atoms with Gasteiger partial charge >= 0.3 is 0 Å². The molecule has 3 aromatic heterocycles. The largest absolute Gasteiger partial charge is 0.331 e. The minimum absolute atomic E-state index is 0.125. The summed E-state index contributed by atoms with van der Waals surface area (Å²) in [4.78, 5) is 38.9. The molecular weight excluding hydrogens is 418 g/mol. The number of pyridine rings is 1. The first-order valence-corrected chi connectivity index (χ1v) is 11.8. The first-order valence-electron chi connectivity index (χ1n) is 11.8. The van der Waals surface area contributed by atoms with Gasteiger partial charge in [-0.3, -0.25) is 14.7 Å². The Morgan fingerprint density at radius 1 is 1.15 bits per heavy atom. The molecule has 0 spiro atoms. The van der Waals surface area contributed by atoms with Crippen molar-refractivity contribution in [3.05, 3.63) is 57.3 Å². The first-order chi connectivity index (χ1) is 16.1. The van der Waals surface area contributed by atoms with Gasteiger partial charge in [0.1, 0.15) is 5.82 Å². The molecule has 6 rings (SSSR count). The van der Waals surface area contributed by atoms with Crippen molar-refractivity contribution in [1.29, 1.82) is 0 Å². The van der Waals surface area contributed by atoms with Crippen LogP contribution >= 0.6 is 0 Å². The number of hydrogen-bond acceptors (Lipinski definition) is 7. The summed E-state index contributed by atoms with van der Waals surface area (Å²) in [7, 11) is 0. The number of carbonyl (C=O) groups is 1. The maximum absolute atomic E-state index is 13.1. The number of aromatic nitrogens is 5. The summed E-state index contributed by atoms with van der Waals surface area (Å²) in [6, 6.07) is 4.99. The second-order valence-corrected chi connectivity index (χ2v) is 9.31. The van der Waals surface area contributed by atoms with Crippen molar-refractivity contribution in [2.24, 2.45) is 0 Å². The van der Waals surface area contributed by atoms with E-state index in [1.54, 1.807) is 12.3 Å². The Hall–Kier alpha value is -3.49. The quantitative estimate of drug-likeness (QED) is 0.511. The summed E-state index contributed by atoms with van der Waals surface area (Å²) < 4.78 is 0. The van der Waals surface area contributed by atoms with Gasteiger partial charge in [0.15, 0.2) is 11.6 Å². The van der Waals surface area contributed by atoms with Crippen molar-refractivity contribution in [2.45, 2.75) is 63.3 Å². The van der Waals surface area contributed by atoms with Gasteiger partial charge in [0, 0.05) is 48.5 Å². The van der Waals surface area contributed by atoms with Crippen LogP contribution in [0.2, 0.25) is 0 Å². The maximum Gasteiger partial charge on any atom is 0.247 e. The van der Waals surface area contributed by atoms with Gasteiger partial charge in [0.25, 0.3) is 0 Å². The van der Waals surface area contributed by atoms with Crippen molar-refractivity contribution in [1.82, 2.24) is 25.1 Å². The highest BCUT2D eigenvalue weighted by atomic mass is 16.1. The Bertz CT molecular complexity index is 1240. The van der Waals surface area contributed by atoms with Gasteiger partial charge in [-0.25, -0.2) is 4.98 Å². The van der Waals surface area contributed by atoms with Crippen molar-refractivity contribution in [3.8, 4) is 0 Å². The van der Waals surface area contributed by atoms with E-state index in [1.165, 1.54) is 24.6 Å². The zero-order valence-electron chi connectivity index (χ0n) is 18.4. The number of ketones is 1. The summed E-state index contributed by atoms with van der Waals surface area (Å²) in [5.41, 5.74) is 4.05. The summed E-state index contributed by atoms with van der Waals surface area (Å²) in [6.45, 7) is 0.758. The van der Waals surface area contributed by atoms with Gasteiger partial charge < -0.3 is 15.2 Å². The number of rotatable bonds is 7. The van der Waals surface area contributed by atoms with Crippen LogP contribution in [-0.4, -0.2) is 43.5 Å². The SMILES string of the molecule is O=C(Cc1ccc(=O)[nH]c1)C1CCCN1c1nc2c(c(Nc3cc(C4CC4)[nH]n3)n1)CCC2. The molecule has 1 atom stereocenters. The van der Waals surface area contributed by atoms with E-state index in [0.29, 0.717) is 11.9 Å². The molecule has 3 aromatic rings. The molecule has 0 radical (unpaired) electrons. The van der Waals surface area contributed by atoms with Gasteiger partial charge in [-0.15, -0.1) is 0 Å². The highest BCUT2D eigenvalue weighted by Crippen LogP contribution is 2.40. The van der Waals surface area contributed by atoms with E-state index in [-0.39, 0.29) is 23.8 Å². The zero-order valence-corrected chi connectivity index (χ0v) is 18.4. The molecule has 0 bridgehead atoms. The van der Waals surface area contributed by atoms with Crippen LogP contribution in [0.5, 0.6) is 0 Å². The smallest absolute Gasteiger partial charge is 0.247 e. The molecule has 1 unspecified atom stereocenters. The molecule has 1 saturated carbocycles. The van der Waals surface area contributed by atoms with Crippen LogP contribution in [0.4, 0.5) is 17.6 Å². The van der Waals surface area contributed by atoms with Crippen LogP contribution < -0.4 is 15.8 Å². The van der Waals surface area contributed by atoms with Crippen molar-refractivity contribution in [2.75, 3.05) is 16.8 Å². The third kappa shape index (κ3) is 4.03. The monoisotopic (exact) mass is 445 g/mol. The van der Waals surface area contributed by atoms with E-state index in [4.69, 9.17) is 9.97 Å². The number of carbonyl (C=O) groups excluding carboxylic acids is 1. The summed E-state index contributed by atoms with van der Waals surface area (Å²) in [6.07, 6.45) is 8.99. The molecule has 33 heavy (non-hydrogen) atoms. The van der Waals surface area contributed by atoms with E-state index < -0.39 is 0 Å². The lowest BCUT2D eigenvalue weighted by atomic mass is 10.0. The average molecular weight is 446 g/mol. The zero-order chi connectivity index (χ0) is 22.4. The molecule has 3 aliphatic rings. The molecule has 9 heteroatoms. The van der Waals surface area contributed by atoms with Crippen LogP contribution in [-0.2, 0) is 24.1 Å². The highest BCUT2D eigenvalue weighted by Gasteiger charge is 2.34. The number of aryl methyl sites for hydroxylation is 1. The molecule has 0 aromatic carbocycles. The third-order valence-electron chi connectivity index (χ3n) is 6.89. The van der Waals surface area contributed by atoms with Gasteiger partial charge in [0.05, 0.1) is 11.7 Å². The molecule has 2 aliphatic carbocycles. The molecule has 170 valence electrons. The lowest BCUT2D eigenvalue weighted by Gasteiger charge is -2.25. The van der Waals surface area contributed by atoms with Crippen LogP contribution in [0, 0.1) is 0 Å². The minimum atomic E-state index is -0.254. The van der Waals surface area contributed by atoms with Gasteiger partial charge in [-0.2, -0.15) is 10.1 Å². The van der Waals surface area contributed by atoms with Gasteiger partial charge in [0.2, 0.25) is 11.5 Å². The first kappa shape index (κ1) is 20.1. The Kier molecular flexibility index (Phi) is 4.96. The van der Waals surface area contributed by atoms with Crippen LogP contribution in [0.15, 0.2) is 29.2 Å². The number of aromatic amines is 2. The Morgan fingerprint density at radius 3 is 2.88 bits per heavy atom. The molecule has 1 saturated heterocycles. The van der Waals surface area contributed by atoms with Crippen molar-refractivity contribution in [3.63, 3.8) is 0 Å². The van der Waals surface area contributed by atoms with Crippen molar-refractivity contribution < 1.29 is 4.79 Å². The number of hydrogen-bond donors (Lipinski definition) is 3. The third-order valence-corrected chi connectivity index (χ3v) is 6.89. The number of anilines is 3. The Morgan fingerprint density at radius 2 is 2.06 bits per heavy atom. The molecule has 2 fully saturated rings. The normalized spacial score (nSPS) is 19.6. The van der Waals surface area contributed by atoms with E-state index in [1.807, 2.05) is 0 Å². The lowest BCUT2D eigenvalue weighted by molar-refractivity contribution is -0.119. The lowest BCUT2D eigenvalue weighted by Crippen LogP contribution is -2.38. The fourth-order valence-electron chi connectivity index (χ4n) is 4.99. The van der Waals surface area contributed by atoms with E-state index in [9.17, 15) is 9.59 Å². The van der Waals surface area contributed by atoms with Gasteiger partial charge in [-0.05, 0) is 50.5 Å². The second-order valence-electron chi connectivity index (χ2n) is 9.31. The van der Waals surface area contributed by atoms with E-state index >= 15 is 0 Å². The number of H-pyrrole nitrogens is 2. The summed E-state index contributed by atoms with van der Waals surface area (Å²) >= 11 is 0. The number of fused-ring (bicyclic) bond motifs is 1. The van der Waals surface area contributed by atoms with Crippen LogP contribution in [0.3, 0.4) is 0 Å². The van der Waals surface area contributed by atoms with Crippen LogP contribution in [0.25, 0.3) is 0 Å². The van der Waals surface area contributed by atoms with Crippen LogP contribution in [0.1, 0.15) is 60.5 Å². The Labute approximate surface area is 191 Å². The maximum atomic E-state index is 13.1. The predicted molar refractivity (Wildman–Crippen MR) is 124 cm³/mol. The molecule has 4 heterocycles. The molecule has 1 aliphatic heterocycles. The molecule has 9 nitrogen and oxygen atoms in total. The van der Waals surface area contributed by atoms with Crippen molar-refractivity contribution >= 4 is 23.4 Å². The van der Waals surface area contributed by atoms with E-state index in [2.05, 4.69) is 31.5 Å². The summed E-state index contributed by atoms with van der Waals surface area (Å²) in [5, 5.41) is 11.0. The number of nitrogens with zero attached hydrogens (tertiary/aromatic N) is 4. The molecule has 3 N–H and O–H groups in total. The summed E-state index contributed by atoms with van der Waals surface area (Å²) in [5.74, 6) is 2.94. The topological polar surface area (TPSA) is 120 Å². The standard InChI is InChI=1S/C24H27N7O2/c32-20(11-14-6-9-22(33)25-13-14)19-5-2-10-31(19)24-26-17-4-1-3-16(17)23(28-24)27-21-12-18(29-30-21)15-7-8-15/h6,9,12-13,15,19H,1-5,7-8,10-11H2,(H,25,33)(H2,26,27,28,29,30). The Balaban J connectivity index is 1.26. The predicted octanol–water partition coefficient (Wildman–Crippen LogP) is 2.78. The van der Waals surface area contributed by atoms with E-state index in [0.717, 1.165) is 67.1 Å². The molecule has 0 amide bonds. The second kappa shape index (κ2) is 8.13.